The minimum Gasteiger partial charge on any atom is -0.376 e. The highest BCUT2D eigenvalue weighted by atomic mass is 16.5. The minimum atomic E-state index is -0.506. The molecule has 2 aromatic rings. The second kappa shape index (κ2) is 10.9. The normalized spacial score (nSPS) is 24.2. The number of hydrogen-bond acceptors (Lipinski definition) is 4. The Hall–Kier alpha value is -2.47. The highest BCUT2D eigenvalue weighted by Crippen LogP contribution is 2.43. The van der Waals surface area contributed by atoms with E-state index in [1.165, 1.54) is 43.2 Å². The molecule has 1 saturated heterocycles. The number of benzene rings is 1. The summed E-state index contributed by atoms with van der Waals surface area (Å²) in [6, 6.07) is 4.02. The molecule has 3 aliphatic rings. The highest BCUT2D eigenvalue weighted by molar-refractivity contribution is 6.08. The minimum absolute atomic E-state index is 0.0286. The van der Waals surface area contributed by atoms with E-state index in [0.717, 1.165) is 36.6 Å². The van der Waals surface area contributed by atoms with Crippen LogP contribution in [0.5, 0.6) is 0 Å². The third-order valence-electron chi connectivity index (χ3n) is 8.32. The first-order valence-electron chi connectivity index (χ1n) is 14.1. The number of hydrogen-bond donors (Lipinski definition) is 0. The van der Waals surface area contributed by atoms with Crippen molar-refractivity contribution >= 4 is 28.4 Å². The molecule has 1 aromatic heterocycles. The monoisotopic (exact) mass is 492 g/mol. The molecule has 0 radical (unpaired) electrons. The summed E-state index contributed by atoms with van der Waals surface area (Å²) in [6.07, 6.45) is 12.9. The van der Waals surface area contributed by atoms with Gasteiger partial charge in [-0.2, -0.15) is 0 Å². The van der Waals surface area contributed by atoms with E-state index in [4.69, 9.17) is 4.74 Å². The maximum absolute atomic E-state index is 13.7. The second-order valence-electron chi connectivity index (χ2n) is 11.0. The standard InChI is InChI=1S/C30H40N2O4/c1-3-26(34)30-27-13-14-32(30)28(35)19-31-18-25(20(2)33)24-17-23(21-11-12-21)16-22(29(24)31)10-8-6-4-5-7-9-15-36-27/h16-18,21,27,30H,3-15,19H2,1-2H3/t27-,30-/m1/s1. The zero-order chi connectivity index (χ0) is 25.2. The lowest BCUT2D eigenvalue weighted by Gasteiger charge is -2.27. The number of nitrogens with zero attached hydrogens (tertiary/aromatic N) is 2. The van der Waals surface area contributed by atoms with Gasteiger partial charge in [-0.25, -0.2) is 0 Å². The lowest BCUT2D eigenvalue weighted by molar-refractivity contribution is -0.140. The van der Waals surface area contributed by atoms with E-state index in [0.29, 0.717) is 37.5 Å². The summed E-state index contributed by atoms with van der Waals surface area (Å²) in [5.74, 6) is 0.629. The Morgan fingerprint density at radius 3 is 2.50 bits per heavy atom. The molecule has 1 saturated carbocycles. The Kier molecular flexibility index (Phi) is 7.61. The largest absolute Gasteiger partial charge is 0.376 e. The van der Waals surface area contributed by atoms with Gasteiger partial charge in [0.1, 0.15) is 12.6 Å². The summed E-state index contributed by atoms with van der Waals surface area (Å²) in [7, 11) is 0. The lowest BCUT2D eigenvalue weighted by atomic mass is 9.96. The van der Waals surface area contributed by atoms with Crippen molar-refractivity contribution in [2.24, 2.45) is 0 Å². The summed E-state index contributed by atoms with van der Waals surface area (Å²) in [5.41, 5.74) is 4.30. The molecule has 6 heteroatoms. The van der Waals surface area contributed by atoms with Crippen LogP contribution in [-0.2, 0) is 27.3 Å². The van der Waals surface area contributed by atoms with E-state index >= 15 is 0 Å². The van der Waals surface area contributed by atoms with E-state index in [1.807, 2.05) is 17.7 Å². The van der Waals surface area contributed by atoms with Crippen LogP contribution in [0.15, 0.2) is 18.3 Å². The quantitative estimate of drug-likeness (QED) is 0.522. The molecule has 0 N–H and O–H groups in total. The van der Waals surface area contributed by atoms with Crippen molar-refractivity contribution in [3.63, 3.8) is 0 Å². The molecule has 0 unspecified atom stereocenters. The maximum Gasteiger partial charge on any atom is 0.243 e. The number of rotatable bonds is 4. The smallest absolute Gasteiger partial charge is 0.243 e. The van der Waals surface area contributed by atoms with E-state index in [2.05, 4.69) is 12.1 Å². The predicted molar refractivity (Wildman–Crippen MR) is 140 cm³/mol. The predicted octanol–water partition coefficient (Wildman–Crippen LogP) is 5.58. The van der Waals surface area contributed by atoms with Crippen molar-refractivity contribution in [2.45, 2.75) is 109 Å². The van der Waals surface area contributed by atoms with E-state index < -0.39 is 6.04 Å². The molecule has 2 fully saturated rings. The number of fused-ring (bicyclic) bond motifs is 2. The summed E-state index contributed by atoms with van der Waals surface area (Å²) in [6.45, 7) is 4.80. The van der Waals surface area contributed by atoms with Gasteiger partial charge in [0, 0.05) is 36.7 Å². The first kappa shape index (κ1) is 25.2. The number of carbonyl (C=O) groups is 3. The van der Waals surface area contributed by atoms with Crippen molar-refractivity contribution in [1.29, 1.82) is 0 Å². The van der Waals surface area contributed by atoms with Crippen LogP contribution in [0.4, 0.5) is 0 Å². The van der Waals surface area contributed by atoms with Crippen molar-refractivity contribution in [1.82, 2.24) is 9.47 Å². The molecule has 194 valence electrons. The molecule has 1 aliphatic carbocycles. The fourth-order valence-electron chi connectivity index (χ4n) is 6.21. The Bertz CT molecular complexity index is 1150. The first-order valence-corrected chi connectivity index (χ1v) is 14.1. The van der Waals surface area contributed by atoms with Crippen LogP contribution in [-0.4, -0.2) is 52.2 Å². The highest BCUT2D eigenvalue weighted by Gasteiger charge is 2.41. The first-order chi connectivity index (χ1) is 17.5. The molecule has 2 atom stereocenters. The van der Waals surface area contributed by atoms with Gasteiger partial charge in [-0.1, -0.05) is 38.7 Å². The molecular formula is C30H40N2O4. The van der Waals surface area contributed by atoms with Gasteiger partial charge in [-0.15, -0.1) is 0 Å². The molecule has 2 aliphatic heterocycles. The van der Waals surface area contributed by atoms with Crippen LogP contribution >= 0.6 is 0 Å². The van der Waals surface area contributed by atoms with Crippen molar-refractivity contribution in [3.8, 4) is 0 Å². The van der Waals surface area contributed by atoms with Crippen molar-refractivity contribution in [2.75, 3.05) is 13.2 Å². The molecule has 0 spiro atoms. The third kappa shape index (κ3) is 5.15. The Labute approximate surface area is 214 Å². The third-order valence-corrected chi connectivity index (χ3v) is 8.32. The SMILES string of the molecule is CCC(=O)[C@@H]1[C@H]2CCN1C(=O)Cn1cc(C(C)=O)c3cc(C4CC4)cc(c31)CCCCCCCCO2. The molecule has 6 nitrogen and oxygen atoms in total. The van der Waals surface area contributed by atoms with Crippen LogP contribution in [0.25, 0.3) is 10.9 Å². The van der Waals surface area contributed by atoms with Gasteiger partial charge in [-0.05, 0) is 68.6 Å². The van der Waals surface area contributed by atoms with Crippen molar-refractivity contribution in [3.05, 3.63) is 35.0 Å². The summed E-state index contributed by atoms with van der Waals surface area (Å²) in [4.78, 5) is 41.0. The van der Waals surface area contributed by atoms with Gasteiger partial charge in [0.2, 0.25) is 5.91 Å². The Morgan fingerprint density at radius 2 is 1.78 bits per heavy atom. The Morgan fingerprint density at radius 1 is 1.03 bits per heavy atom. The molecule has 5 rings (SSSR count). The molecule has 2 bridgehead atoms. The number of ketones is 2. The number of Topliss-reactive ketones (excluding diaryl/α,β-unsaturated/α-hetero) is 2. The van der Waals surface area contributed by atoms with Gasteiger partial charge >= 0.3 is 0 Å². The molecular weight excluding hydrogens is 452 g/mol. The molecule has 1 amide bonds. The average molecular weight is 493 g/mol. The van der Waals surface area contributed by atoms with Crippen LogP contribution in [0.2, 0.25) is 0 Å². The van der Waals surface area contributed by atoms with Crippen LogP contribution in [0.1, 0.15) is 105 Å². The van der Waals surface area contributed by atoms with Gasteiger partial charge in [0.05, 0.1) is 11.6 Å². The molecule has 36 heavy (non-hydrogen) atoms. The van der Waals surface area contributed by atoms with Crippen LogP contribution < -0.4 is 0 Å². The fraction of sp³-hybridized carbons (Fsp3) is 0.633. The van der Waals surface area contributed by atoms with Crippen molar-refractivity contribution < 1.29 is 19.1 Å². The van der Waals surface area contributed by atoms with Gasteiger partial charge in [0.25, 0.3) is 0 Å². The number of aromatic nitrogens is 1. The second-order valence-corrected chi connectivity index (χ2v) is 11.0. The summed E-state index contributed by atoms with van der Waals surface area (Å²) >= 11 is 0. The van der Waals surface area contributed by atoms with Gasteiger partial charge < -0.3 is 14.2 Å². The van der Waals surface area contributed by atoms with Crippen LogP contribution in [0.3, 0.4) is 0 Å². The van der Waals surface area contributed by atoms with E-state index in [-0.39, 0.29) is 30.1 Å². The van der Waals surface area contributed by atoms with Gasteiger partial charge in [-0.3, -0.25) is 14.4 Å². The van der Waals surface area contributed by atoms with Gasteiger partial charge in [0.15, 0.2) is 11.6 Å². The average Bonchev–Trinajstić information content (AvgIpc) is 3.53. The number of amides is 1. The zero-order valence-electron chi connectivity index (χ0n) is 21.9. The lowest BCUT2D eigenvalue weighted by Crippen LogP contribution is -2.46. The van der Waals surface area contributed by atoms with Crippen LogP contribution in [0, 0.1) is 0 Å². The number of carbonyl (C=O) groups excluding carboxylic acids is 3. The number of ether oxygens (including phenoxy) is 1. The Balaban J connectivity index is 1.55. The summed E-state index contributed by atoms with van der Waals surface area (Å²) < 4.78 is 8.15. The zero-order valence-corrected chi connectivity index (χ0v) is 21.9. The summed E-state index contributed by atoms with van der Waals surface area (Å²) in [5, 5.41) is 0.983. The fourth-order valence-corrected chi connectivity index (χ4v) is 6.21. The molecule has 3 heterocycles. The topological polar surface area (TPSA) is 68.6 Å². The molecule has 1 aromatic carbocycles. The number of aryl methyl sites for hydroxylation is 1. The maximum atomic E-state index is 13.7. The van der Waals surface area contributed by atoms with E-state index in [1.54, 1.807) is 11.8 Å². The van der Waals surface area contributed by atoms with E-state index in [9.17, 15) is 14.4 Å².